The maximum atomic E-state index is 14.2. The number of H-pyrrole nitrogens is 1. The van der Waals surface area contributed by atoms with Crippen molar-refractivity contribution in [2.45, 2.75) is 37.7 Å². The molecule has 1 fully saturated rings. The minimum atomic E-state index is -3.87. The van der Waals surface area contributed by atoms with Gasteiger partial charge >= 0.3 is 6.01 Å². The molecule has 3 aromatic rings. The molecule has 0 aliphatic carbocycles. The van der Waals surface area contributed by atoms with E-state index in [2.05, 4.69) is 30.6 Å². The first-order chi connectivity index (χ1) is 14.3. The largest absolute Gasteiger partial charge is 0.459 e. The van der Waals surface area contributed by atoms with Crippen LogP contribution in [0.5, 0.6) is 6.01 Å². The lowest BCUT2D eigenvalue weighted by atomic mass is 10.1. The van der Waals surface area contributed by atoms with Crippen LogP contribution in [-0.2, 0) is 10.0 Å². The molecule has 30 heavy (non-hydrogen) atoms. The lowest BCUT2D eigenvalue weighted by molar-refractivity contribution is 0.119. The number of benzene rings is 1. The Kier molecular flexibility index (Phi) is 5.43. The van der Waals surface area contributed by atoms with Crippen molar-refractivity contribution in [1.82, 2.24) is 34.9 Å². The Labute approximate surface area is 172 Å². The highest BCUT2D eigenvalue weighted by Crippen LogP contribution is 2.27. The summed E-state index contributed by atoms with van der Waals surface area (Å²) in [5, 5.41) is 13.1. The van der Waals surface area contributed by atoms with E-state index in [9.17, 15) is 12.8 Å². The number of sulfonamides is 1. The number of nitrogens with one attached hydrogen (secondary N) is 1. The van der Waals surface area contributed by atoms with Gasteiger partial charge in [0.25, 0.3) is 0 Å². The van der Waals surface area contributed by atoms with Crippen LogP contribution in [0.2, 0.25) is 0 Å². The van der Waals surface area contributed by atoms with Crippen molar-refractivity contribution in [2.75, 3.05) is 13.1 Å². The number of halogens is 1. The number of aryl methyl sites for hydroxylation is 2. The number of aromatic nitrogens is 6. The summed E-state index contributed by atoms with van der Waals surface area (Å²) in [6, 6.07) is 5.59. The van der Waals surface area contributed by atoms with Gasteiger partial charge in [0.2, 0.25) is 15.8 Å². The Morgan fingerprint density at radius 2 is 1.97 bits per heavy atom. The first-order valence-electron chi connectivity index (χ1n) is 9.35. The summed E-state index contributed by atoms with van der Waals surface area (Å²) in [6.45, 7) is 4.17. The van der Waals surface area contributed by atoms with E-state index in [-0.39, 0.29) is 34.9 Å². The number of hydrogen-bond acceptors (Lipinski definition) is 8. The second-order valence-electron chi connectivity index (χ2n) is 7.06. The van der Waals surface area contributed by atoms with Crippen molar-refractivity contribution in [3.05, 3.63) is 41.5 Å². The molecular formula is C18H20FN7O3S. The van der Waals surface area contributed by atoms with E-state index in [1.807, 2.05) is 19.9 Å². The van der Waals surface area contributed by atoms with Crippen LogP contribution in [-0.4, -0.2) is 62.5 Å². The monoisotopic (exact) mass is 433 g/mol. The van der Waals surface area contributed by atoms with Gasteiger partial charge in [0.1, 0.15) is 11.9 Å². The van der Waals surface area contributed by atoms with E-state index in [1.54, 1.807) is 0 Å². The second-order valence-corrected chi connectivity index (χ2v) is 8.99. The van der Waals surface area contributed by atoms with E-state index in [4.69, 9.17) is 4.74 Å². The van der Waals surface area contributed by atoms with Gasteiger partial charge < -0.3 is 4.74 Å². The molecule has 0 radical (unpaired) electrons. The third-order valence-corrected chi connectivity index (χ3v) is 6.60. The van der Waals surface area contributed by atoms with Crippen molar-refractivity contribution in [1.29, 1.82) is 0 Å². The predicted octanol–water partition coefficient (Wildman–Crippen LogP) is 1.64. The Balaban J connectivity index is 1.56. The number of piperidine rings is 1. The van der Waals surface area contributed by atoms with Gasteiger partial charge in [0.05, 0.1) is 17.0 Å². The van der Waals surface area contributed by atoms with Crippen LogP contribution in [0.1, 0.15) is 24.2 Å². The summed E-state index contributed by atoms with van der Waals surface area (Å²) < 4.78 is 47.7. The smallest absolute Gasteiger partial charge is 0.317 e. The summed E-state index contributed by atoms with van der Waals surface area (Å²) in [5.74, 6) is -0.654. The molecule has 0 spiro atoms. The number of hydrogen-bond donors (Lipinski definition) is 1. The molecular weight excluding hydrogens is 413 g/mol. The van der Waals surface area contributed by atoms with Gasteiger partial charge in [-0.05, 0) is 56.2 Å². The Morgan fingerprint density at radius 1 is 1.20 bits per heavy atom. The molecule has 1 atom stereocenters. The predicted molar refractivity (Wildman–Crippen MR) is 103 cm³/mol. The van der Waals surface area contributed by atoms with Gasteiger partial charge in [0, 0.05) is 17.9 Å². The van der Waals surface area contributed by atoms with Gasteiger partial charge in [-0.2, -0.15) is 9.52 Å². The first-order valence-corrected chi connectivity index (χ1v) is 10.8. The van der Waals surface area contributed by atoms with Crippen molar-refractivity contribution in [3.8, 4) is 17.4 Å². The molecule has 10 nitrogen and oxygen atoms in total. The highest BCUT2D eigenvalue weighted by Gasteiger charge is 2.32. The number of nitrogens with zero attached hydrogens (tertiary/aromatic N) is 6. The summed E-state index contributed by atoms with van der Waals surface area (Å²) in [7, 11) is -3.87. The van der Waals surface area contributed by atoms with Crippen LogP contribution in [0.3, 0.4) is 0 Å². The average molecular weight is 433 g/mol. The van der Waals surface area contributed by atoms with E-state index in [0.717, 1.165) is 17.5 Å². The lowest BCUT2D eigenvalue weighted by Crippen LogP contribution is -2.44. The topological polar surface area (TPSA) is 127 Å². The second kappa shape index (κ2) is 8.03. The quantitative estimate of drug-likeness (QED) is 0.643. The van der Waals surface area contributed by atoms with Crippen molar-refractivity contribution in [3.63, 3.8) is 0 Å². The van der Waals surface area contributed by atoms with Crippen LogP contribution < -0.4 is 4.74 Å². The number of ether oxygens (including phenoxy) is 1. The highest BCUT2D eigenvalue weighted by atomic mass is 32.2. The number of rotatable bonds is 5. The Bertz CT molecular complexity index is 1130. The molecule has 0 amide bonds. The summed E-state index contributed by atoms with van der Waals surface area (Å²) >= 11 is 0. The molecule has 1 saturated heterocycles. The zero-order valence-corrected chi connectivity index (χ0v) is 17.2. The fourth-order valence-corrected chi connectivity index (χ4v) is 4.91. The van der Waals surface area contributed by atoms with Gasteiger partial charge in [0.15, 0.2) is 0 Å². The zero-order chi connectivity index (χ0) is 21.3. The zero-order valence-electron chi connectivity index (χ0n) is 16.4. The van der Waals surface area contributed by atoms with E-state index < -0.39 is 15.8 Å². The van der Waals surface area contributed by atoms with E-state index in [1.165, 1.54) is 16.4 Å². The third-order valence-electron chi connectivity index (χ3n) is 4.74. The summed E-state index contributed by atoms with van der Waals surface area (Å²) in [4.78, 5) is 8.47. The first kappa shape index (κ1) is 20.3. The fourth-order valence-electron chi connectivity index (χ4n) is 3.38. The third kappa shape index (κ3) is 4.14. The molecule has 0 saturated carbocycles. The maximum absolute atomic E-state index is 14.2. The molecule has 12 heteroatoms. The standard InChI is InChI=1S/C18H20FN7O3S/c1-11-8-12(2)21-18(20-11)29-13-4-3-7-26(10-13)30(27,28)14-5-6-16(19)15(9-14)17-22-24-25-23-17/h5-6,8-9,13H,3-4,7,10H2,1-2H3,(H,22,23,24,25). The van der Waals surface area contributed by atoms with Crippen molar-refractivity contribution >= 4 is 10.0 Å². The molecule has 1 aliphatic heterocycles. The van der Waals surface area contributed by atoms with Gasteiger partial charge in [-0.25, -0.2) is 22.8 Å². The summed E-state index contributed by atoms with van der Waals surface area (Å²) in [6.07, 6.45) is 0.917. The van der Waals surface area contributed by atoms with Crippen LogP contribution in [0.4, 0.5) is 4.39 Å². The summed E-state index contributed by atoms with van der Waals surface area (Å²) in [5.41, 5.74) is 1.51. The van der Waals surface area contributed by atoms with Gasteiger partial charge in [-0.15, -0.1) is 10.2 Å². The number of aromatic amines is 1. The maximum Gasteiger partial charge on any atom is 0.317 e. The molecule has 4 rings (SSSR count). The average Bonchev–Trinajstić information content (AvgIpc) is 3.22. The minimum absolute atomic E-state index is 0.0172. The van der Waals surface area contributed by atoms with Crippen LogP contribution >= 0.6 is 0 Å². The Morgan fingerprint density at radius 3 is 2.67 bits per heavy atom. The van der Waals surface area contributed by atoms with Crippen LogP contribution in [0.15, 0.2) is 29.2 Å². The SMILES string of the molecule is Cc1cc(C)nc(OC2CCCN(S(=O)(=O)c3ccc(F)c(-c4nn[nH]n4)c3)C2)n1. The van der Waals surface area contributed by atoms with Crippen LogP contribution in [0.25, 0.3) is 11.4 Å². The highest BCUT2D eigenvalue weighted by molar-refractivity contribution is 7.89. The number of tetrazole rings is 1. The van der Waals surface area contributed by atoms with E-state index in [0.29, 0.717) is 19.4 Å². The normalized spacial score (nSPS) is 17.8. The fraction of sp³-hybridized carbons (Fsp3) is 0.389. The van der Waals surface area contributed by atoms with Gasteiger partial charge in [-0.3, -0.25) is 0 Å². The van der Waals surface area contributed by atoms with Crippen molar-refractivity contribution < 1.29 is 17.5 Å². The molecule has 158 valence electrons. The molecule has 1 aromatic carbocycles. The Hall–Kier alpha value is -2.99. The molecule has 2 aromatic heterocycles. The lowest BCUT2D eigenvalue weighted by Gasteiger charge is -2.31. The van der Waals surface area contributed by atoms with Gasteiger partial charge in [-0.1, -0.05) is 0 Å². The molecule has 3 heterocycles. The van der Waals surface area contributed by atoms with E-state index >= 15 is 0 Å². The molecule has 1 aliphatic rings. The molecule has 1 unspecified atom stereocenters. The molecule has 1 N–H and O–H groups in total. The minimum Gasteiger partial charge on any atom is -0.459 e. The molecule has 0 bridgehead atoms. The van der Waals surface area contributed by atoms with Crippen molar-refractivity contribution in [2.24, 2.45) is 0 Å². The van der Waals surface area contributed by atoms with Crippen LogP contribution in [0, 0.1) is 19.7 Å².